The Balaban J connectivity index is 1.57. The van der Waals surface area contributed by atoms with Crippen molar-refractivity contribution < 1.29 is 9.18 Å². The van der Waals surface area contributed by atoms with E-state index in [-0.39, 0.29) is 23.0 Å². The van der Waals surface area contributed by atoms with Crippen molar-refractivity contribution in [2.45, 2.75) is 25.8 Å². The fraction of sp³-hybridized carbons (Fsp3) is 0.353. The van der Waals surface area contributed by atoms with Gasteiger partial charge in [0.15, 0.2) is 0 Å². The molecular formula is C17H18ClFN4O. The number of hydrogen-bond donors (Lipinski definition) is 1. The van der Waals surface area contributed by atoms with Crippen molar-refractivity contribution in [3.8, 4) is 0 Å². The smallest absolute Gasteiger partial charge is 0.251 e. The molecule has 0 spiro atoms. The van der Waals surface area contributed by atoms with Crippen LogP contribution in [0.3, 0.4) is 0 Å². The number of carbonyl (C=O) groups excluding carboxylic acids is 1. The third-order valence-corrected chi connectivity index (χ3v) is 4.24. The van der Waals surface area contributed by atoms with E-state index in [2.05, 4.69) is 20.2 Å². The van der Waals surface area contributed by atoms with E-state index >= 15 is 0 Å². The lowest BCUT2D eigenvalue weighted by Gasteiger charge is -2.33. The van der Waals surface area contributed by atoms with Gasteiger partial charge < -0.3 is 10.2 Å². The number of amides is 1. The molecule has 1 amide bonds. The maximum Gasteiger partial charge on any atom is 0.251 e. The Kier molecular flexibility index (Phi) is 4.94. The largest absolute Gasteiger partial charge is 0.356 e. The lowest BCUT2D eigenvalue weighted by atomic mass is 10.0. The highest BCUT2D eigenvalue weighted by Gasteiger charge is 2.22. The van der Waals surface area contributed by atoms with Crippen molar-refractivity contribution in [2.75, 3.05) is 18.0 Å². The Morgan fingerprint density at radius 1 is 1.25 bits per heavy atom. The van der Waals surface area contributed by atoms with Gasteiger partial charge >= 0.3 is 0 Å². The molecule has 0 atom stereocenters. The van der Waals surface area contributed by atoms with Gasteiger partial charge in [-0.2, -0.15) is 0 Å². The zero-order valence-corrected chi connectivity index (χ0v) is 14.1. The number of benzene rings is 1. The Morgan fingerprint density at radius 3 is 2.54 bits per heavy atom. The fourth-order valence-corrected chi connectivity index (χ4v) is 3.02. The summed E-state index contributed by atoms with van der Waals surface area (Å²) in [7, 11) is 0. The Labute approximate surface area is 144 Å². The van der Waals surface area contributed by atoms with E-state index in [1.807, 2.05) is 13.0 Å². The number of piperidine rings is 1. The van der Waals surface area contributed by atoms with Crippen LogP contribution in [0.4, 0.5) is 10.2 Å². The van der Waals surface area contributed by atoms with E-state index in [1.165, 1.54) is 24.3 Å². The zero-order chi connectivity index (χ0) is 17.1. The molecule has 7 heteroatoms. The van der Waals surface area contributed by atoms with Gasteiger partial charge in [0.2, 0.25) is 5.28 Å². The van der Waals surface area contributed by atoms with Crippen LogP contribution in [0.15, 0.2) is 30.3 Å². The van der Waals surface area contributed by atoms with Gasteiger partial charge in [0.1, 0.15) is 11.6 Å². The third-order valence-electron chi connectivity index (χ3n) is 4.07. The molecule has 126 valence electrons. The first-order valence-corrected chi connectivity index (χ1v) is 8.21. The van der Waals surface area contributed by atoms with Crippen LogP contribution in [0.2, 0.25) is 5.28 Å². The third kappa shape index (κ3) is 4.00. The summed E-state index contributed by atoms with van der Waals surface area (Å²) in [5.41, 5.74) is 1.30. The molecule has 0 radical (unpaired) electrons. The Morgan fingerprint density at radius 2 is 1.92 bits per heavy atom. The number of hydrogen-bond acceptors (Lipinski definition) is 4. The molecule has 1 aliphatic rings. The van der Waals surface area contributed by atoms with E-state index in [0.717, 1.165) is 37.4 Å². The zero-order valence-electron chi connectivity index (χ0n) is 13.3. The van der Waals surface area contributed by atoms with Gasteiger partial charge in [0, 0.05) is 36.5 Å². The van der Waals surface area contributed by atoms with Gasteiger partial charge in [-0.15, -0.1) is 0 Å². The molecule has 2 aromatic rings. The van der Waals surface area contributed by atoms with Crippen LogP contribution in [0.25, 0.3) is 0 Å². The lowest BCUT2D eigenvalue weighted by molar-refractivity contribution is 0.0931. The highest BCUT2D eigenvalue weighted by molar-refractivity contribution is 6.28. The van der Waals surface area contributed by atoms with E-state index in [1.54, 1.807) is 0 Å². The number of carbonyl (C=O) groups is 1. The molecule has 2 heterocycles. The summed E-state index contributed by atoms with van der Waals surface area (Å²) >= 11 is 5.91. The number of nitrogens with zero attached hydrogens (tertiary/aromatic N) is 3. The molecule has 0 saturated carbocycles. The minimum atomic E-state index is -0.348. The predicted molar refractivity (Wildman–Crippen MR) is 90.9 cm³/mol. The number of aromatic nitrogens is 2. The summed E-state index contributed by atoms with van der Waals surface area (Å²) in [5.74, 6) is 0.295. The Hall–Kier alpha value is -2.21. The molecule has 1 aromatic heterocycles. The Bertz CT molecular complexity index is 710. The molecule has 3 rings (SSSR count). The van der Waals surface area contributed by atoms with Crippen molar-refractivity contribution in [3.63, 3.8) is 0 Å². The van der Waals surface area contributed by atoms with Crippen LogP contribution >= 0.6 is 11.6 Å². The normalized spacial score (nSPS) is 15.4. The van der Waals surface area contributed by atoms with Gasteiger partial charge in [0.25, 0.3) is 5.91 Å². The van der Waals surface area contributed by atoms with E-state index < -0.39 is 0 Å². The summed E-state index contributed by atoms with van der Waals surface area (Å²) in [6.07, 6.45) is 1.63. The first kappa shape index (κ1) is 16.6. The highest BCUT2D eigenvalue weighted by atomic mass is 35.5. The molecule has 1 aliphatic heterocycles. The van der Waals surface area contributed by atoms with Crippen LogP contribution < -0.4 is 10.2 Å². The van der Waals surface area contributed by atoms with Gasteiger partial charge in [-0.05, 0) is 55.6 Å². The van der Waals surface area contributed by atoms with Gasteiger partial charge in [-0.25, -0.2) is 14.4 Å². The highest BCUT2D eigenvalue weighted by Crippen LogP contribution is 2.20. The number of nitrogens with one attached hydrogen (secondary N) is 1. The standard InChI is InChI=1S/C17H18ClFN4O/c1-11-10-15(22-17(18)20-11)23-8-6-14(7-9-23)21-16(24)12-2-4-13(19)5-3-12/h2-5,10,14H,6-9H2,1H3,(H,21,24). The average molecular weight is 349 g/mol. The molecule has 24 heavy (non-hydrogen) atoms. The van der Waals surface area contributed by atoms with Crippen molar-refractivity contribution in [1.82, 2.24) is 15.3 Å². The summed E-state index contributed by atoms with van der Waals surface area (Å²) in [5, 5.41) is 3.25. The lowest BCUT2D eigenvalue weighted by Crippen LogP contribution is -2.45. The SMILES string of the molecule is Cc1cc(N2CCC(NC(=O)c3ccc(F)cc3)CC2)nc(Cl)n1. The average Bonchev–Trinajstić information content (AvgIpc) is 2.55. The minimum Gasteiger partial charge on any atom is -0.356 e. The van der Waals surface area contributed by atoms with Crippen LogP contribution in [0.1, 0.15) is 28.9 Å². The van der Waals surface area contributed by atoms with Crippen molar-refractivity contribution >= 4 is 23.3 Å². The molecule has 0 unspecified atom stereocenters. The van der Waals surface area contributed by atoms with E-state index in [9.17, 15) is 9.18 Å². The second-order valence-electron chi connectivity index (χ2n) is 5.88. The summed E-state index contributed by atoms with van der Waals surface area (Å²) < 4.78 is 12.9. The van der Waals surface area contributed by atoms with Gasteiger partial charge in [-0.1, -0.05) is 0 Å². The predicted octanol–water partition coefficient (Wildman–Crippen LogP) is 2.98. The molecule has 0 aliphatic carbocycles. The molecule has 1 N–H and O–H groups in total. The van der Waals surface area contributed by atoms with Crippen LogP contribution in [-0.2, 0) is 0 Å². The fourth-order valence-electron chi connectivity index (χ4n) is 2.80. The van der Waals surface area contributed by atoms with Gasteiger partial charge in [-0.3, -0.25) is 4.79 Å². The summed E-state index contributed by atoms with van der Waals surface area (Å²) in [6, 6.07) is 7.56. The van der Waals surface area contributed by atoms with Crippen LogP contribution in [0.5, 0.6) is 0 Å². The molecule has 5 nitrogen and oxygen atoms in total. The monoisotopic (exact) mass is 348 g/mol. The number of halogens is 2. The first-order valence-electron chi connectivity index (χ1n) is 7.84. The van der Waals surface area contributed by atoms with Crippen molar-refractivity contribution in [3.05, 3.63) is 52.7 Å². The molecule has 1 saturated heterocycles. The minimum absolute atomic E-state index is 0.0946. The number of anilines is 1. The summed E-state index contributed by atoms with van der Waals surface area (Å²) in [4.78, 5) is 22.6. The van der Waals surface area contributed by atoms with E-state index in [0.29, 0.717) is 5.56 Å². The quantitative estimate of drug-likeness (QED) is 0.866. The molecule has 0 bridgehead atoms. The second-order valence-corrected chi connectivity index (χ2v) is 6.22. The first-order chi connectivity index (χ1) is 11.5. The molecular weight excluding hydrogens is 331 g/mol. The van der Waals surface area contributed by atoms with E-state index in [4.69, 9.17) is 11.6 Å². The van der Waals surface area contributed by atoms with Crippen LogP contribution in [0, 0.1) is 12.7 Å². The topological polar surface area (TPSA) is 58.1 Å². The number of rotatable bonds is 3. The number of aryl methyl sites for hydroxylation is 1. The van der Waals surface area contributed by atoms with Crippen LogP contribution in [-0.4, -0.2) is 35.0 Å². The van der Waals surface area contributed by atoms with Crippen molar-refractivity contribution in [2.24, 2.45) is 0 Å². The molecule has 1 fully saturated rings. The van der Waals surface area contributed by atoms with Crippen molar-refractivity contribution in [1.29, 1.82) is 0 Å². The van der Waals surface area contributed by atoms with Gasteiger partial charge in [0.05, 0.1) is 0 Å². The second kappa shape index (κ2) is 7.13. The summed E-state index contributed by atoms with van der Waals surface area (Å²) in [6.45, 7) is 3.44. The molecule has 1 aromatic carbocycles. The maximum absolute atomic E-state index is 12.9. The maximum atomic E-state index is 12.9.